The molecule has 10 rings (SSSR count). The Labute approximate surface area is 307 Å². The molecule has 1 aliphatic heterocycles. The Kier molecular flexibility index (Phi) is 7.26. The molecular weight excluding hydrogens is 653 g/mol. The van der Waals surface area contributed by atoms with Crippen LogP contribution in [0.15, 0.2) is 162 Å². The van der Waals surface area contributed by atoms with Crippen molar-refractivity contribution in [3.8, 4) is 28.6 Å². The number of benzene rings is 5. The highest BCUT2D eigenvalue weighted by molar-refractivity contribution is 7.99. The summed E-state index contributed by atoms with van der Waals surface area (Å²) in [6.07, 6.45) is 15.6. The summed E-state index contributed by atoms with van der Waals surface area (Å²) in [5.41, 5.74) is 12.3. The molecule has 2 heterocycles. The van der Waals surface area contributed by atoms with E-state index in [1.165, 1.54) is 49.4 Å². The highest BCUT2D eigenvalue weighted by Crippen LogP contribution is 2.62. The summed E-state index contributed by atoms with van der Waals surface area (Å²) in [4.78, 5) is 17.3. The first-order valence-corrected chi connectivity index (χ1v) is 18.6. The van der Waals surface area contributed by atoms with Gasteiger partial charge in [0.2, 0.25) is 0 Å². The molecule has 52 heavy (non-hydrogen) atoms. The molecule has 1 spiro atoms. The van der Waals surface area contributed by atoms with Crippen LogP contribution in [0.1, 0.15) is 70.2 Å². The molecule has 0 N–H and O–H groups in total. The topological polar surface area (TPSA) is 62.5 Å². The summed E-state index contributed by atoms with van der Waals surface area (Å²) in [5.74, 6) is 2.42. The standard InChI is InChI=1S/C47H32N4S/c48-29-35-16-11-21-40-43(35)52-42-27-26-34(28-41(42)47(40)38-19-9-7-17-36(38)37-18-8-10-20-39(37)47)30-22-24-33(25-23-30)46-50-44(31-12-3-1-4-13-31)49-45(51-46)32-14-5-2-6-15-32/h1-14,16-22,24,26-28,32H,15,23,25H2. The maximum atomic E-state index is 10.2. The fourth-order valence-electron chi connectivity index (χ4n) is 8.47. The maximum absolute atomic E-state index is 10.2. The summed E-state index contributed by atoms with van der Waals surface area (Å²) in [7, 11) is 0. The second-order valence-electron chi connectivity index (χ2n) is 13.7. The minimum absolute atomic E-state index is 0.130. The highest BCUT2D eigenvalue weighted by atomic mass is 32.2. The predicted octanol–water partition coefficient (Wildman–Crippen LogP) is 11.1. The average Bonchev–Trinajstić information content (AvgIpc) is 3.52. The lowest BCUT2D eigenvalue weighted by atomic mass is 9.66. The second kappa shape index (κ2) is 12.3. The molecule has 0 bridgehead atoms. The van der Waals surface area contributed by atoms with Crippen molar-refractivity contribution in [2.45, 2.75) is 40.4 Å². The molecule has 246 valence electrons. The SMILES string of the molecule is N#Cc1cccc2c1Sc1ccc(C3=CC=C(c4nc(-c5ccccc5)nc(C5C=CC=CC5)n4)CC3)cc1C21c2ccccc2-c2ccccc21. The van der Waals surface area contributed by atoms with E-state index in [1.807, 2.05) is 30.3 Å². The second-order valence-corrected chi connectivity index (χ2v) is 14.7. The van der Waals surface area contributed by atoms with Crippen molar-refractivity contribution in [3.63, 3.8) is 0 Å². The molecule has 1 aromatic heterocycles. The third-order valence-electron chi connectivity index (χ3n) is 10.9. The van der Waals surface area contributed by atoms with E-state index in [1.54, 1.807) is 11.8 Å². The van der Waals surface area contributed by atoms with Gasteiger partial charge in [-0.25, -0.2) is 15.0 Å². The summed E-state index contributed by atoms with van der Waals surface area (Å²) in [6.45, 7) is 0. The van der Waals surface area contributed by atoms with Crippen molar-refractivity contribution in [2.24, 2.45) is 0 Å². The quantitative estimate of drug-likeness (QED) is 0.185. The van der Waals surface area contributed by atoms with Crippen molar-refractivity contribution in [2.75, 3.05) is 0 Å². The number of allylic oxidation sites excluding steroid dienone is 8. The van der Waals surface area contributed by atoms with Crippen LogP contribution in [-0.2, 0) is 5.41 Å². The van der Waals surface area contributed by atoms with Crippen molar-refractivity contribution < 1.29 is 0 Å². The molecule has 5 aromatic carbocycles. The van der Waals surface area contributed by atoms with Crippen LogP contribution in [0.5, 0.6) is 0 Å². The molecule has 1 unspecified atom stereocenters. The lowest BCUT2D eigenvalue weighted by Crippen LogP contribution is -2.32. The first-order chi connectivity index (χ1) is 25.7. The van der Waals surface area contributed by atoms with Crippen LogP contribution in [0.2, 0.25) is 0 Å². The van der Waals surface area contributed by atoms with Crippen LogP contribution in [0.3, 0.4) is 0 Å². The Morgan fingerprint density at radius 1 is 0.635 bits per heavy atom. The first kappa shape index (κ1) is 30.7. The van der Waals surface area contributed by atoms with Gasteiger partial charge in [-0.15, -0.1) is 0 Å². The monoisotopic (exact) mass is 684 g/mol. The molecule has 4 aliphatic rings. The Balaban J connectivity index is 1.10. The molecule has 0 fully saturated rings. The zero-order valence-corrected chi connectivity index (χ0v) is 29.1. The summed E-state index contributed by atoms with van der Waals surface area (Å²) < 4.78 is 0. The molecule has 6 aromatic rings. The van der Waals surface area contributed by atoms with Gasteiger partial charge in [-0.2, -0.15) is 5.26 Å². The van der Waals surface area contributed by atoms with Crippen LogP contribution in [0.25, 0.3) is 33.7 Å². The van der Waals surface area contributed by atoms with Gasteiger partial charge in [-0.1, -0.05) is 145 Å². The van der Waals surface area contributed by atoms with Crippen molar-refractivity contribution in [1.82, 2.24) is 15.0 Å². The number of hydrogen-bond acceptors (Lipinski definition) is 5. The Morgan fingerprint density at radius 3 is 2.08 bits per heavy atom. The summed E-state index contributed by atoms with van der Waals surface area (Å²) in [6, 6.07) is 43.5. The van der Waals surface area contributed by atoms with Crippen LogP contribution >= 0.6 is 11.8 Å². The number of nitriles is 1. The van der Waals surface area contributed by atoms with Gasteiger partial charge in [-0.3, -0.25) is 0 Å². The smallest absolute Gasteiger partial charge is 0.163 e. The number of aromatic nitrogens is 3. The van der Waals surface area contributed by atoms with Gasteiger partial charge in [0.25, 0.3) is 0 Å². The van der Waals surface area contributed by atoms with E-state index < -0.39 is 5.41 Å². The number of hydrogen-bond donors (Lipinski definition) is 0. The molecule has 0 amide bonds. The summed E-state index contributed by atoms with van der Waals surface area (Å²) in [5, 5.41) is 10.2. The minimum atomic E-state index is -0.528. The van der Waals surface area contributed by atoms with Gasteiger partial charge < -0.3 is 0 Å². The van der Waals surface area contributed by atoms with E-state index in [4.69, 9.17) is 15.0 Å². The summed E-state index contributed by atoms with van der Waals surface area (Å²) >= 11 is 1.72. The average molecular weight is 685 g/mol. The lowest BCUT2D eigenvalue weighted by Gasteiger charge is -2.40. The lowest BCUT2D eigenvalue weighted by molar-refractivity contribution is 0.720. The Bertz CT molecular complexity index is 2560. The van der Waals surface area contributed by atoms with E-state index in [0.29, 0.717) is 5.82 Å². The van der Waals surface area contributed by atoms with Gasteiger partial charge >= 0.3 is 0 Å². The molecule has 0 radical (unpaired) electrons. The van der Waals surface area contributed by atoms with Gasteiger partial charge in [0.05, 0.1) is 11.0 Å². The zero-order chi connectivity index (χ0) is 34.6. The van der Waals surface area contributed by atoms with E-state index in [2.05, 4.69) is 127 Å². The third kappa shape index (κ3) is 4.72. The molecule has 4 nitrogen and oxygen atoms in total. The Hall–Kier alpha value is -6.09. The van der Waals surface area contributed by atoms with Crippen molar-refractivity contribution >= 4 is 22.9 Å². The Morgan fingerprint density at radius 2 is 1.35 bits per heavy atom. The van der Waals surface area contributed by atoms with Crippen LogP contribution in [0.4, 0.5) is 0 Å². The van der Waals surface area contributed by atoms with Gasteiger partial charge in [0.1, 0.15) is 11.9 Å². The number of nitrogens with zero attached hydrogens (tertiary/aromatic N) is 4. The molecular formula is C47H32N4S. The van der Waals surface area contributed by atoms with Gasteiger partial charge in [0, 0.05) is 21.3 Å². The fourth-order valence-corrected chi connectivity index (χ4v) is 9.70. The molecule has 5 heteroatoms. The van der Waals surface area contributed by atoms with E-state index in [0.717, 1.165) is 52.5 Å². The van der Waals surface area contributed by atoms with Gasteiger partial charge in [0.15, 0.2) is 11.6 Å². The van der Waals surface area contributed by atoms with Crippen LogP contribution < -0.4 is 0 Å². The van der Waals surface area contributed by atoms with Crippen LogP contribution in [0, 0.1) is 11.3 Å². The predicted molar refractivity (Wildman–Crippen MR) is 209 cm³/mol. The van der Waals surface area contributed by atoms with Crippen LogP contribution in [-0.4, -0.2) is 15.0 Å². The van der Waals surface area contributed by atoms with E-state index >= 15 is 0 Å². The normalized spacial score (nSPS) is 17.3. The van der Waals surface area contributed by atoms with Crippen molar-refractivity contribution in [1.29, 1.82) is 5.26 Å². The molecule has 3 aliphatic carbocycles. The minimum Gasteiger partial charge on any atom is -0.213 e. The molecule has 1 atom stereocenters. The number of rotatable bonds is 4. The van der Waals surface area contributed by atoms with E-state index in [-0.39, 0.29) is 5.92 Å². The highest BCUT2D eigenvalue weighted by Gasteiger charge is 2.50. The molecule has 0 saturated heterocycles. The maximum Gasteiger partial charge on any atom is 0.163 e. The van der Waals surface area contributed by atoms with Gasteiger partial charge in [-0.05, 0) is 87.6 Å². The first-order valence-electron chi connectivity index (χ1n) is 17.8. The third-order valence-corrected chi connectivity index (χ3v) is 12.1. The largest absolute Gasteiger partial charge is 0.213 e. The number of fused-ring (bicyclic) bond motifs is 9. The van der Waals surface area contributed by atoms with Crippen molar-refractivity contribution in [3.05, 3.63) is 197 Å². The fraction of sp³-hybridized carbons (Fsp3) is 0.106. The molecule has 0 saturated carbocycles. The van der Waals surface area contributed by atoms with E-state index in [9.17, 15) is 5.26 Å². The zero-order valence-electron chi connectivity index (χ0n) is 28.3.